The predicted octanol–water partition coefficient (Wildman–Crippen LogP) is 4.56. The molecule has 0 bridgehead atoms. The van der Waals surface area contributed by atoms with E-state index in [0.29, 0.717) is 18.5 Å². The molecule has 16 heteroatoms. The number of tetrazole rings is 1. The van der Waals surface area contributed by atoms with Crippen molar-refractivity contribution < 1.29 is 40.3 Å². The summed E-state index contributed by atoms with van der Waals surface area (Å²) in [7, 11) is 0. The van der Waals surface area contributed by atoms with Crippen LogP contribution >= 0.6 is 0 Å². The standard InChI is InChI=1S/C24H22F7N7O2/c25-17-10-14(40-9-1-7-23(26,27)28)4-5-16(17)22(24(29,30)31)11-15(18-6-8-38(35-18)12-13-2-3-13)19(21(39)32-22)20-33-36-37-34-20/h4-6,8,10,13H,1-3,7,9,11-12H2,(H,32,39)(H,33,34,36,37)/t22-/m0/s1. The van der Waals surface area contributed by atoms with Crippen LogP contribution in [0.1, 0.15) is 49.2 Å². The van der Waals surface area contributed by atoms with Gasteiger partial charge in [0.25, 0.3) is 5.91 Å². The number of halogens is 7. The number of benzene rings is 1. The average Bonchev–Trinajstić information content (AvgIpc) is 3.30. The highest BCUT2D eigenvalue weighted by molar-refractivity contribution is 6.27. The number of hydrogen-bond donors (Lipinski definition) is 2. The summed E-state index contributed by atoms with van der Waals surface area (Å²) in [5.41, 5.74) is -4.47. The van der Waals surface area contributed by atoms with E-state index in [1.807, 2.05) is 5.32 Å². The van der Waals surface area contributed by atoms with Gasteiger partial charge in [-0.15, -0.1) is 5.10 Å². The lowest BCUT2D eigenvalue weighted by Crippen LogP contribution is -2.59. The zero-order valence-corrected chi connectivity index (χ0v) is 20.6. The molecule has 3 heterocycles. The normalized spacial score (nSPS) is 20.1. The monoisotopic (exact) mass is 573 g/mol. The predicted molar refractivity (Wildman–Crippen MR) is 124 cm³/mol. The van der Waals surface area contributed by atoms with E-state index in [2.05, 4.69) is 25.7 Å². The molecule has 5 rings (SSSR count). The highest BCUT2D eigenvalue weighted by Gasteiger charge is 2.61. The highest BCUT2D eigenvalue weighted by atomic mass is 19.4. The number of aromatic amines is 1. The first-order chi connectivity index (χ1) is 18.9. The number of alkyl halides is 6. The van der Waals surface area contributed by atoms with Crippen molar-refractivity contribution in [3.8, 4) is 5.75 Å². The molecule has 3 aromatic rings. The molecule has 0 unspecified atom stereocenters. The van der Waals surface area contributed by atoms with Crippen LogP contribution in [0.2, 0.25) is 0 Å². The Bertz CT molecular complexity index is 1410. The van der Waals surface area contributed by atoms with Crippen LogP contribution in [0, 0.1) is 11.7 Å². The molecular formula is C24H22F7N7O2. The van der Waals surface area contributed by atoms with E-state index in [-0.39, 0.29) is 28.4 Å². The van der Waals surface area contributed by atoms with Gasteiger partial charge >= 0.3 is 12.4 Å². The van der Waals surface area contributed by atoms with E-state index in [1.165, 1.54) is 6.07 Å². The Morgan fingerprint density at radius 2 is 1.90 bits per heavy atom. The summed E-state index contributed by atoms with van der Waals surface area (Å²) < 4.78 is 103. The zero-order chi connectivity index (χ0) is 28.7. The maximum Gasteiger partial charge on any atom is 0.416 e. The third-order valence-corrected chi connectivity index (χ3v) is 6.73. The van der Waals surface area contributed by atoms with Crippen molar-refractivity contribution in [1.82, 2.24) is 35.7 Å². The van der Waals surface area contributed by atoms with Crippen molar-refractivity contribution in [3.63, 3.8) is 0 Å². The molecule has 40 heavy (non-hydrogen) atoms. The highest BCUT2D eigenvalue weighted by Crippen LogP contribution is 2.50. The van der Waals surface area contributed by atoms with Crippen LogP contribution in [-0.2, 0) is 16.9 Å². The van der Waals surface area contributed by atoms with E-state index < -0.39 is 61.0 Å². The topological polar surface area (TPSA) is 111 Å². The van der Waals surface area contributed by atoms with E-state index in [4.69, 9.17) is 4.74 Å². The van der Waals surface area contributed by atoms with Gasteiger partial charge in [-0.05, 0) is 59.4 Å². The molecule has 1 atom stereocenters. The lowest BCUT2D eigenvalue weighted by atomic mass is 9.77. The second-order valence-electron chi connectivity index (χ2n) is 9.71. The Labute approximate surface area is 221 Å². The van der Waals surface area contributed by atoms with Crippen LogP contribution in [0.5, 0.6) is 5.75 Å². The molecule has 2 aliphatic rings. The molecule has 9 nitrogen and oxygen atoms in total. The molecule has 2 N–H and O–H groups in total. The smallest absolute Gasteiger partial charge is 0.416 e. The van der Waals surface area contributed by atoms with Gasteiger partial charge in [-0.2, -0.15) is 31.4 Å². The fourth-order valence-electron chi connectivity index (χ4n) is 4.60. The fourth-order valence-corrected chi connectivity index (χ4v) is 4.60. The summed E-state index contributed by atoms with van der Waals surface area (Å²) >= 11 is 0. The first kappa shape index (κ1) is 27.6. The molecule has 1 fully saturated rings. The van der Waals surface area contributed by atoms with Gasteiger partial charge in [-0.1, -0.05) is 0 Å². The molecule has 1 aliphatic carbocycles. The lowest BCUT2D eigenvalue weighted by molar-refractivity contribution is -0.202. The first-order valence-electron chi connectivity index (χ1n) is 12.3. The molecule has 1 aromatic carbocycles. The first-order valence-corrected chi connectivity index (χ1v) is 12.3. The van der Waals surface area contributed by atoms with Crippen LogP contribution in [0.4, 0.5) is 30.7 Å². The van der Waals surface area contributed by atoms with Crippen molar-refractivity contribution in [1.29, 1.82) is 0 Å². The van der Waals surface area contributed by atoms with Gasteiger partial charge in [0.2, 0.25) is 0 Å². The summed E-state index contributed by atoms with van der Waals surface area (Å²) in [5.74, 6) is -2.61. The summed E-state index contributed by atoms with van der Waals surface area (Å²) in [4.78, 5) is 13.3. The van der Waals surface area contributed by atoms with Crippen LogP contribution in [0.25, 0.3) is 11.1 Å². The van der Waals surface area contributed by atoms with Crippen LogP contribution in [-0.4, -0.2) is 55.3 Å². The molecule has 1 aliphatic heterocycles. The van der Waals surface area contributed by atoms with Crippen molar-refractivity contribution >= 4 is 17.1 Å². The van der Waals surface area contributed by atoms with Crippen LogP contribution in [0.3, 0.4) is 0 Å². The summed E-state index contributed by atoms with van der Waals surface area (Å²) in [6.07, 6.45) is -8.49. The minimum Gasteiger partial charge on any atom is -0.493 e. The minimum absolute atomic E-state index is 0.0700. The molecule has 0 spiro atoms. The largest absolute Gasteiger partial charge is 0.493 e. The van der Waals surface area contributed by atoms with E-state index in [9.17, 15) is 31.1 Å². The Hall–Kier alpha value is -3.98. The Balaban J connectivity index is 1.51. The summed E-state index contributed by atoms with van der Waals surface area (Å²) in [5, 5.41) is 19.2. The van der Waals surface area contributed by atoms with Crippen molar-refractivity contribution in [2.24, 2.45) is 5.92 Å². The maximum absolute atomic E-state index is 15.3. The van der Waals surface area contributed by atoms with Gasteiger partial charge < -0.3 is 10.1 Å². The number of aromatic nitrogens is 6. The summed E-state index contributed by atoms with van der Waals surface area (Å²) in [6.45, 7) is 0.132. The van der Waals surface area contributed by atoms with Crippen molar-refractivity contribution in [2.45, 2.75) is 56.5 Å². The van der Waals surface area contributed by atoms with Gasteiger partial charge in [-0.3, -0.25) is 9.48 Å². The SMILES string of the molecule is O=C1N[C@@](c2ccc(OCCCC(F)(F)F)cc2F)(C(F)(F)F)CC(c2ccn(CC3CC3)n2)=C1c1nnn[nH]1. The van der Waals surface area contributed by atoms with Gasteiger partial charge in [0.15, 0.2) is 11.4 Å². The zero-order valence-electron chi connectivity index (χ0n) is 20.6. The Morgan fingerprint density at radius 3 is 2.52 bits per heavy atom. The third-order valence-electron chi connectivity index (χ3n) is 6.73. The maximum atomic E-state index is 15.3. The number of carbonyl (C=O) groups excluding carboxylic acids is 1. The molecule has 0 saturated heterocycles. The average molecular weight is 573 g/mol. The number of ether oxygens (including phenoxy) is 1. The molecule has 0 radical (unpaired) electrons. The van der Waals surface area contributed by atoms with E-state index >= 15 is 4.39 Å². The summed E-state index contributed by atoms with van der Waals surface area (Å²) in [6, 6.07) is 3.92. The molecule has 1 amide bonds. The number of carbonyl (C=O) groups is 1. The number of H-pyrrole nitrogens is 1. The second-order valence-corrected chi connectivity index (χ2v) is 9.71. The molecular weight excluding hydrogens is 551 g/mol. The van der Waals surface area contributed by atoms with Crippen LogP contribution < -0.4 is 10.1 Å². The van der Waals surface area contributed by atoms with Gasteiger partial charge in [0, 0.05) is 37.2 Å². The van der Waals surface area contributed by atoms with Crippen LogP contribution in [0.15, 0.2) is 30.5 Å². The van der Waals surface area contributed by atoms with Crippen molar-refractivity contribution in [2.75, 3.05) is 6.61 Å². The second kappa shape index (κ2) is 10.2. The minimum atomic E-state index is -5.19. The van der Waals surface area contributed by atoms with Gasteiger partial charge in [-0.25, -0.2) is 9.49 Å². The lowest BCUT2D eigenvalue weighted by Gasteiger charge is -2.41. The Kier molecular flexibility index (Phi) is 7.04. The molecule has 2 aromatic heterocycles. The van der Waals surface area contributed by atoms with E-state index in [0.717, 1.165) is 25.0 Å². The van der Waals surface area contributed by atoms with E-state index in [1.54, 1.807) is 10.9 Å². The molecule has 214 valence electrons. The molecule has 1 saturated carbocycles. The number of hydrogen-bond acceptors (Lipinski definition) is 6. The number of rotatable bonds is 9. The van der Waals surface area contributed by atoms with Gasteiger partial charge in [0.05, 0.1) is 17.9 Å². The number of amides is 1. The number of nitrogens with zero attached hydrogens (tertiary/aromatic N) is 5. The quantitative estimate of drug-likeness (QED) is 0.287. The van der Waals surface area contributed by atoms with Crippen molar-refractivity contribution in [3.05, 3.63) is 53.4 Å². The van der Waals surface area contributed by atoms with Gasteiger partial charge in [0.1, 0.15) is 11.6 Å². The third kappa shape index (κ3) is 5.65. The fraction of sp³-hybridized carbons (Fsp3) is 0.458. The Morgan fingerprint density at radius 1 is 1.12 bits per heavy atom. The number of nitrogens with one attached hydrogen (secondary N) is 2.